The summed E-state index contributed by atoms with van der Waals surface area (Å²) >= 11 is 1.79. The molecule has 0 atom stereocenters. The zero-order valence-corrected chi connectivity index (χ0v) is 15.4. The number of aromatic nitrogens is 1. The molecule has 0 spiro atoms. The number of amides is 2. The minimum atomic E-state index is -0.0284. The number of rotatable bonds is 3. The van der Waals surface area contributed by atoms with Crippen LogP contribution in [-0.2, 0) is 6.54 Å². The molecule has 1 aliphatic heterocycles. The van der Waals surface area contributed by atoms with Gasteiger partial charge in [0.15, 0.2) is 0 Å². The first-order valence-corrected chi connectivity index (χ1v) is 9.82. The van der Waals surface area contributed by atoms with Crippen LogP contribution in [0.4, 0.5) is 10.5 Å². The summed E-state index contributed by atoms with van der Waals surface area (Å²) in [6.07, 6.45) is 2.76. The molecule has 6 heteroatoms. The van der Waals surface area contributed by atoms with Gasteiger partial charge in [0.1, 0.15) is 0 Å². The van der Waals surface area contributed by atoms with E-state index < -0.39 is 0 Å². The van der Waals surface area contributed by atoms with E-state index in [-0.39, 0.29) is 6.03 Å². The van der Waals surface area contributed by atoms with Gasteiger partial charge < -0.3 is 10.2 Å². The Bertz CT molecular complexity index is 875. The summed E-state index contributed by atoms with van der Waals surface area (Å²) < 4.78 is 0. The highest BCUT2D eigenvalue weighted by Crippen LogP contribution is 2.22. The third kappa shape index (κ3) is 3.86. The van der Waals surface area contributed by atoms with E-state index in [0.717, 1.165) is 55.7 Å². The van der Waals surface area contributed by atoms with E-state index in [2.05, 4.69) is 32.7 Å². The molecule has 0 radical (unpaired) electrons. The van der Waals surface area contributed by atoms with E-state index >= 15 is 0 Å². The molecule has 2 amide bonds. The molecule has 0 saturated carbocycles. The standard InChI is InChI=1S/C20H22N4OS/c25-20(22-19-8-1-7-18-17(19)6-2-9-21-18)24-11-4-10-23(12-13-24)15-16-5-3-14-26-16/h1-3,5-9,14H,4,10-13,15H2,(H,22,25). The van der Waals surface area contributed by atoms with Crippen LogP contribution in [0.15, 0.2) is 54.0 Å². The Morgan fingerprint density at radius 1 is 1.08 bits per heavy atom. The largest absolute Gasteiger partial charge is 0.323 e. The number of benzene rings is 1. The van der Waals surface area contributed by atoms with Gasteiger partial charge in [-0.15, -0.1) is 11.3 Å². The second-order valence-corrected chi connectivity index (χ2v) is 7.53. The summed E-state index contributed by atoms with van der Waals surface area (Å²) in [5, 5.41) is 6.16. The van der Waals surface area contributed by atoms with E-state index in [1.807, 2.05) is 35.2 Å². The van der Waals surface area contributed by atoms with Gasteiger partial charge in [-0.1, -0.05) is 12.1 Å². The van der Waals surface area contributed by atoms with E-state index in [9.17, 15) is 4.79 Å². The van der Waals surface area contributed by atoms with Crippen molar-refractivity contribution in [2.45, 2.75) is 13.0 Å². The molecule has 5 nitrogen and oxygen atoms in total. The average molecular weight is 366 g/mol. The summed E-state index contributed by atoms with van der Waals surface area (Å²) in [6.45, 7) is 4.44. The Labute approximate surface area is 157 Å². The maximum absolute atomic E-state index is 12.8. The Kier molecular flexibility index (Phi) is 5.13. The second-order valence-electron chi connectivity index (χ2n) is 6.50. The average Bonchev–Trinajstić information content (AvgIpc) is 3.06. The molecule has 1 fully saturated rings. The van der Waals surface area contributed by atoms with Crippen molar-refractivity contribution in [2.75, 3.05) is 31.5 Å². The number of fused-ring (bicyclic) bond motifs is 1. The quantitative estimate of drug-likeness (QED) is 0.761. The van der Waals surface area contributed by atoms with Crippen LogP contribution in [0.3, 0.4) is 0 Å². The normalized spacial score (nSPS) is 15.8. The minimum absolute atomic E-state index is 0.0284. The van der Waals surface area contributed by atoms with Crippen molar-refractivity contribution in [3.63, 3.8) is 0 Å². The first-order valence-electron chi connectivity index (χ1n) is 8.94. The van der Waals surface area contributed by atoms with E-state index in [1.165, 1.54) is 4.88 Å². The summed E-state index contributed by atoms with van der Waals surface area (Å²) in [6, 6.07) is 13.9. The number of hydrogen-bond donors (Lipinski definition) is 1. The van der Waals surface area contributed by atoms with E-state index in [1.54, 1.807) is 17.5 Å². The van der Waals surface area contributed by atoms with Crippen LogP contribution < -0.4 is 5.32 Å². The Morgan fingerprint density at radius 3 is 2.92 bits per heavy atom. The molecular weight excluding hydrogens is 344 g/mol. The van der Waals surface area contributed by atoms with Gasteiger partial charge in [0, 0.05) is 49.2 Å². The third-order valence-corrected chi connectivity index (χ3v) is 5.58. The number of pyridine rings is 1. The van der Waals surface area contributed by atoms with Gasteiger partial charge in [-0.05, 0) is 42.1 Å². The van der Waals surface area contributed by atoms with Crippen molar-refractivity contribution in [1.29, 1.82) is 0 Å². The molecule has 134 valence electrons. The number of hydrogen-bond acceptors (Lipinski definition) is 4. The van der Waals surface area contributed by atoms with Crippen molar-refractivity contribution in [3.05, 3.63) is 58.9 Å². The lowest BCUT2D eigenvalue weighted by Crippen LogP contribution is -2.38. The minimum Gasteiger partial charge on any atom is -0.323 e. The smallest absolute Gasteiger partial charge is 0.321 e. The number of nitrogens with one attached hydrogen (secondary N) is 1. The van der Waals surface area contributed by atoms with Crippen LogP contribution in [0.1, 0.15) is 11.3 Å². The van der Waals surface area contributed by atoms with Crippen LogP contribution in [0.5, 0.6) is 0 Å². The number of nitrogens with zero attached hydrogens (tertiary/aromatic N) is 3. The molecular formula is C20H22N4OS. The van der Waals surface area contributed by atoms with Gasteiger partial charge >= 0.3 is 6.03 Å². The first kappa shape index (κ1) is 17.0. The zero-order valence-electron chi connectivity index (χ0n) is 14.6. The third-order valence-electron chi connectivity index (χ3n) is 4.72. The Morgan fingerprint density at radius 2 is 2.04 bits per heavy atom. The lowest BCUT2D eigenvalue weighted by molar-refractivity contribution is 0.211. The Hall–Kier alpha value is -2.44. The maximum atomic E-state index is 12.8. The molecule has 0 aliphatic carbocycles. The number of carbonyl (C=O) groups excluding carboxylic acids is 1. The number of carbonyl (C=O) groups is 1. The molecule has 1 aliphatic rings. The van der Waals surface area contributed by atoms with Crippen molar-refractivity contribution in [3.8, 4) is 0 Å². The van der Waals surface area contributed by atoms with Gasteiger partial charge in [0.25, 0.3) is 0 Å². The number of anilines is 1. The van der Waals surface area contributed by atoms with Crippen molar-refractivity contribution in [2.24, 2.45) is 0 Å². The molecule has 1 N–H and O–H groups in total. The highest BCUT2D eigenvalue weighted by molar-refractivity contribution is 7.09. The number of thiophene rings is 1. The monoisotopic (exact) mass is 366 g/mol. The number of urea groups is 1. The summed E-state index contributed by atoms with van der Waals surface area (Å²) in [7, 11) is 0. The molecule has 2 aromatic heterocycles. The van der Waals surface area contributed by atoms with Crippen molar-refractivity contribution < 1.29 is 4.79 Å². The van der Waals surface area contributed by atoms with Gasteiger partial charge in [-0.3, -0.25) is 9.88 Å². The van der Waals surface area contributed by atoms with Gasteiger partial charge in [-0.2, -0.15) is 0 Å². The van der Waals surface area contributed by atoms with Crippen molar-refractivity contribution >= 4 is 34.0 Å². The molecule has 0 unspecified atom stereocenters. The van der Waals surface area contributed by atoms with Crippen LogP contribution >= 0.6 is 11.3 Å². The predicted molar refractivity (Wildman–Crippen MR) is 107 cm³/mol. The Balaban J connectivity index is 1.40. The van der Waals surface area contributed by atoms with Crippen LogP contribution in [0.2, 0.25) is 0 Å². The lowest BCUT2D eigenvalue weighted by Gasteiger charge is -2.22. The molecule has 1 saturated heterocycles. The molecule has 1 aromatic carbocycles. The summed E-state index contributed by atoms with van der Waals surface area (Å²) in [5.41, 5.74) is 1.71. The fourth-order valence-electron chi connectivity index (χ4n) is 3.36. The SMILES string of the molecule is O=C(Nc1cccc2ncccc12)N1CCCN(Cc2cccs2)CC1. The first-order chi connectivity index (χ1) is 12.8. The highest BCUT2D eigenvalue weighted by atomic mass is 32.1. The van der Waals surface area contributed by atoms with E-state index in [0.29, 0.717) is 0 Å². The van der Waals surface area contributed by atoms with Crippen LogP contribution in [0.25, 0.3) is 10.9 Å². The summed E-state index contributed by atoms with van der Waals surface area (Å²) in [4.78, 5) is 22.8. The van der Waals surface area contributed by atoms with Gasteiger partial charge in [-0.25, -0.2) is 4.79 Å². The summed E-state index contributed by atoms with van der Waals surface area (Å²) in [5.74, 6) is 0. The van der Waals surface area contributed by atoms with E-state index in [4.69, 9.17) is 0 Å². The second kappa shape index (κ2) is 7.85. The molecule has 4 rings (SSSR count). The molecule has 3 heterocycles. The molecule has 0 bridgehead atoms. The molecule has 26 heavy (non-hydrogen) atoms. The predicted octanol–water partition coefficient (Wildman–Crippen LogP) is 4.04. The van der Waals surface area contributed by atoms with Crippen LogP contribution in [-0.4, -0.2) is 47.0 Å². The molecule has 3 aromatic rings. The van der Waals surface area contributed by atoms with Crippen molar-refractivity contribution in [1.82, 2.24) is 14.8 Å². The fourth-order valence-corrected chi connectivity index (χ4v) is 4.11. The van der Waals surface area contributed by atoms with Gasteiger partial charge in [0.2, 0.25) is 0 Å². The topological polar surface area (TPSA) is 48.5 Å². The van der Waals surface area contributed by atoms with Crippen LogP contribution in [0, 0.1) is 0 Å². The fraction of sp³-hybridized carbons (Fsp3) is 0.300. The van der Waals surface area contributed by atoms with Gasteiger partial charge in [0.05, 0.1) is 11.2 Å². The zero-order chi connectivity index (χ0) is 17.8. The lowest BCUT2D eigenvalue weighted by atomic mass is 10.2. The highest BCUT2D eigenvalue weighted by Gasteiger charge is 2.20. The maximum Gasteiger partial charge on any atom is 0.321 e.